The zero-order valence-corrected chi connectivity index (χ0v) is 6.11. The van der Waals surface area contributed by atoms with E-state index in [0.29, 0.717) is 0 Å². The molecule has 0 saturated carbocycles. The monoisotopic (exact) mass is 147 g/mol. The van der Waals surface area contributed by atoms with E-state index in [2.05, 4.69) is 10.5 Å². The SMILES string of the molecule is Cc1ccoc1C1=N[N]C=C1. The summed E-state index contributed by atoms with van der Waals surface area (Å²) < 4.78 is 5.21. The largest absolute Gasteiger partial charge is 0.462 e. The third-order valence-corrected chi connectivity index (χ3v) is 1.56. The van der Waals surface area contributed by atoms with Gasteiger partial charge in [0.1, 0.15) is 5.71 Å². The highest BCUT2D eigenvalue weighted by Gasteiger charge is 2.10. The number of allylic oxidation sites excluding steroid dienone is 1. The molecule has 0 fully saturated rings. The maximum atomic E-state index is 5.21. The summed E-state index contributed by atoms with van der Waals surface area (Å²) >= 11 is 0. The maximum absolute atomic E-state index is 5.21. The smallest absolute Gasteiger partial charge is 0.157 e. The minimum absolute atomic E-state index is 0.799. The van der Waals surface area contributed by atoms with E-state index in [-0.39, 0.29) is 0 Å². The van der Waals surface area contributed by atoms with Gasteiger partial charge < -0.3 is 4.42 Å². The van der Waals surface area contributed by atoms with Gasteiger partial charge in [-0.25, -0.2) is 0 Å². The van der Waals surface area contributed by atoms with Crippen molar-refractivity contribution in [1.29, 1.82) is 0 Å². The zero-order valence-electron chi connectivity index (χ0n) is 6.11. The van der Waals surface area contributed by atoms with Crippen LogP contribution in [0.25, 0.3) is 0 Å². The molecule has 0 N–H and O–H groups in total. The van der Waals surface area contributed by atoms with E-state index in [1.54, 1.807) is 12.5 Å². The summed E-state index contributed by atoms with van der Waals surface area (Å²) in [6.07, 6.45) is 5.13. The second-order valence-electron chi connectivity index (χ2n) is 2.35. The summed E-state index contributed by atoms with van der Waals surface area (Å²) in [6, 6.07) is 1.91. The van der Waals surface area contributed by atoms with E-state index in [0.717, 1.165) is 17.0 Å². The Labute approximate surface area is 64.4 Å². The van der Waals surface area contributed by atoms with Crippen molar-refractivity contribution in [3.63, 3.8) is 0 Å². The van der Waals surface area contributed by atoms with Crippen molar-refractivity contribution in [1.82, 2.24) is 5.43 Å². The van der Waals surface area contributed by atoms with Gasteiger partial charge in [-0.1, -0.05) is 0 Å². The molecule has 2 rings (SSSR count). The fraction of sp³-hybridized carbons (Fsp3) is 0.125. The Balaban J connectivity index is 2.43. The summed E-state index contributed by atoms with van der Waals surface area (Å²) in [5, 5.41) is 3.88. The maximum Gasteiger partial charge on any atom is 0.157 e. The Morgan fingerprint density at radius 1 is 1.45 bits per heavy atom. The first-order valence-corrected chi connectivity index (χ1v) is 3.37. The van der Waals surface area contributed by atoms with Crippen molar-refractivity contribution < 1.29 is 4.42 Å². The first-order chi connectivity index (χ1) is 5.38. The molecule has 11 heavy (non-hydrogen) atoms. The lowest BCUT2D eigenvalue weighted by molar-refractivity contribution is 0.556. The highest BCUT2D eigenvalue weighted by atomic mass is 16.3. The standard InChI is InChI=1S/C8H7N2O/c1-6-3-5-11-8(6)7-2-4-9-10-7/h2-5H,1H3. The van der Waals surface area contributed by atoms with Crippen LogP contribution in [0.4, 0.5) is 0 Å². The molecule has 3 nitrogen and oxygen atoms in total. The van der Waals surface area contributed by atoms with Gasteiger partial charge in [0.2, 0.25) is 0 Å². The number of furan rings is 1. The third-order valence-electron chi connectivity index (χ3n) is 1.56. The van der Waals surface area contributed by atoms with Gasteiger partial charge in [0.25, 0.3) is 0 Å². The van der Waals surface area contributed by atoms with Crippen molar-refractivity contribution in [3.05, 3.63) is 35.9 Å². The predicted molar refractivity (Wildman–Crippen MR) is 41.3 cm³/mol. The van der Waals surface area contributed by atoms with Crippen LogP contribution in [0.2, 0.25) is 0 Å². The molecule has 1 aromatic rings. The van der Waals surface area contributed by atoms with Crippen LogP contribution in [0.15, 0.2) is 34.1 Å². The van der Waals surface area contributed by atoms with Crippen molar-refractivity contribution in [3.8, 4) is 0 Å². The fourth-order valence-electron chi connectivity index (χ4n) is 0.989. The van der Waals surface area contributed by atoms with Crippen LogP contribution in [-0.4, -0.2) is 5.71 Å². The third kappa shape index (κ3) is 0.941. The summed E-state index contributed by atoms with van der Waals surface area (Å²) in [4.78, 5) is 0. The van der Waals surface area contributed by atoms with E-state index in [1.807, 2.05) is 19.1 Å². The van der Waals surface area contributed by atoms with Gasteiger partial charge in [-0.2, -0.15) is 5.43 Å². The summed E-state index contributed by atoms with van der Waals surface area (Å²) in [5.41, 5.74) is 5.60. The number of aryl methyl sites for hydroxylation is 1. The van der Waals surface area contributed by atoms with Gasteiger partial charge in [0, 0.05) is 0 Å². The molecule has 0 spiro atoms. The van der Waals surface area contributed by atoms with Crippen LogP contribution >= 0.6 is 0 Å². The number of rotatable bonds is 1. The van der Waals surface area contributed by atoms with E-state index < -0.39 is 0 Å². The van der Waals surface area contributed by atoms with Crippen LogP contribution in [-0.2, 0) is 0 Å². The molecule has 0 atom stereocenters. The second kappa shape index (κ2) is 2.27. The molecule has 0 aliphatic carbocycles. The molecule has 0 aromatic carbocycles. The molecule has 1 radical (unpaired) electrons. The van der Waals surface area contributed by atoms with Crippen molar-refractivity contribution >= 4 is 5.71 Å². The van der Waals surface area contributed by atoms with Gasteiger partial charge >= 0.3 is 0 Å². The van der Waals surface area contributed by atoms with Crippen molar-refractivity contribution in [2.24, 2.45) is 5.10 Å². The minimum atomic E-state index is 0.799. The Kier molecular flexibility index (Phi) is 1.28. The van der Waals surface area contributed by atoms with Crippen LogP contribution in [0.5, 0.6) is 0 Å². The topological polar surface area (TPSA) is 39.6 Å². The Morgan fingerprint density at radius 3 is 2.91 bits per heavy atom. The molecular weight excluding hydrogens is 140 g/mol. The lowest BCUT2D eigenvalue weighted by Gasteiger charge is -1.91. The number of hydrogen-bond donors (Lipinski definition) is 0. The summed E-state index contributed by atoms with van der Waals surface area (Å²) in [5.74, 6) is 0.808. The minimum Gasteiger partial charge on any atom is -0.462 e. The first-order valence-electron chi connectivity index (χ1n) is 3.37. The molecule has 0 amide bonds. The van der Waals surface area contributed by atoms with E-state index in [4.69, 9.17) is 4.42 Å². The average molecular weight is 147 g/mol. The molecule has 2 heterocycles. The normalized spacial score (nSPS) is 14.8. The van der Waals surface area contributed by atoms with Gasteiger partial charge in [0.05, 0.1) is 12.5 Å². The van der Waals surface area contributed by atoms with Gasteiger partial charge in [-0.3, -0.25) is 0 Å². The molecule has 1 aliphatic rings. The number of nitrogens with zero attached hydrogens (tertiary/aromatic N) is 2. The fourth-order valence-corrected chi connectivity index (χ4v) is 0.989. The molecule has 1 aliphatic heterocycles. The van der Waals surface area contributed by atoms with Gasteiger partial charge in [-0.15, -0.1) is 5.10 Å². The molecule has 0 unspecified atom stereocenters. The van der Waals surface area contributed by atoms with E-state index >= 15 is 0 Å². The summed E-state index contributed by atoms with van der Waals surface area (Å²) in [7, 11) is 0. The Hall–Kier alpha value is -1.51. The predicted octanol–water partition coefficient (Wildman–Crippen LogP) is 1.42. The molecule has 1 aromatic heterocycles. The van der Waals surface area contributed by atoms with Gasteiger partial charge in [-0.05, 0) is 24.6 Å². The first kappa shape index (κ1) is 6.22. The molecule has 0 saturated heterocycles. The van der Waals surface area contributed by atoms with Crippen molar-refractivity contribution in [2.75, 3.05) is 0 Å². The van der Waals surface area contributed by atoms with E-state index in [1.165, 1.54) is 0 Å². The van der Waals surface area contributed by atoms with E-state index in [9.17, 15) is 0 Å². The van der Waals surface area contributed by atoms with Gasteiger partial charge in [0.15, 0.2) is 5.76 Å². The van der Waals surface area contributed by atoms with Crippen molar-refractivity contribution in [2.45, 2.75) is 6.92 Å². The molecule has 3 heteroatoms. The second-order valence-corrected chi connectivity index (χ2v) is 2.35. The highest BCUT2D eigenvalue weighted by Crippen LogP contribution is 2.12. The molecule has 55 valence electrons. The van der Waals surface area contributed by atoms with Crippen LogP contribution < -0.4 is 5.43 Å². The van der Waals surface area contributed by atoms with Crippen LogP contribution in [0, 0.1) is 6.92 Å². The van der Waals surface area contributed by atoms with Crippen LogP contribution in [0.1, 0.15) is 11.3 Å². The van der Waals surface area contributed by atoms with Crippen LogP contribution in [0.3, 0.4) is 0 Å². The quantitative estimate of drug-likeness (QED) is 0.592. The molecule has 0 bridgehead atoms. The molecular formula is C8H7N2O. The summed E-state index contributed by atoms with van der Waals surface area (Å²) in [6.45, 7) is 1.98. The highest BCUT2D eigenvalue weighted by molar-refractivity contribution is 6.08. The zero-order chi connectivity index (χ0) is 7.68. The Morgan fingerprint density at radius 2 is 2.36 bits per heavy atom. The number of hydrogen-bond acceptors (Lipinski definition) is 2. The average Bonchev–Trinajstić information content (AvgIpc) is 2.55. The lowest BCUT2D eigenvalue weighted by atomic mass is 10.2. The lowest BCUT2D eigenvalue weighted by Crippen LogP contribution is -1.93. The Bertz CT molecular complexity index is 323.